The standard InChI is InChI=1S/C20H17N3O5S.C17H13N3O4S/c1-3-16(24)27-18-14-11-7-8-12-15(14)29(25,26)23(2)17(18)20-22-21-19(28-20)13-9-5-4-6-10-13;1-20-14(15(21)12-9-5-6-10-13(12)25(20,22)23)17-19-18-16(24-17)11-7-3-2-4-8-11/h4-12H,3H2,1-2H3;2-10,21H,1H3. The maximum absolute atomic E-state index is 13.0. The van der Waals surface area contributed by atoms with E-state index in [9.17, 15) is 26.7 Å². The Morgan fingerprint density at radius 3 is 1.54 bits per heavy atom. The normalized spacial score (nSPS) is 15.5. The summed E-state index contributed by atoms with van der Waals surface area (Å²) < 4.78 is 70.3. The van der Waals surface area contributed by atoms with Crippen LogP contribution in [0.4, 0.5) is 0 Å². The van der Waals surface area contributed by atoms with Gasteiger partial charge in [0.1, 0.15) is 0 Å². The first-order valence-corrected chi connectivity index (χ1v) is 19.1. The van der Waals surface area contributed by atoms with Crippen molar-refractivity contribution in [2.45, 2.75) is 23.1 Å². The fraction of sp³-hybridized carbons (Fsp3) is 0.108. The van der Waals surface area contributed by atoms with Gasteiger partial charge in [-0.05, 0) is 48.5 Å². The maximum atomic E-state index is 13.0. The maximum Gasteiger partial charge on any atom is 0.310 e. The topological polar surface area (TPSA) is 199 Å². The van der Waals surface area contributed by atoms with Gasteiger partial charge in [0.05, 0.1) is 9.79 Å². The van der Waals surface area contributed by atoms with Crippen molar-refractivity contribution in [2.24, 2.45) is 0 Å². The lowest BCUT2D eigenvalue weighted by molar-refractivity contribution is -0.136. The Morgan fingerprint density at radius 2 is 1.02 bits per heavy atom. The molecule has 1 N–H and O–H groups in total. The lowest BCUT2D eigenvalue weighted by Gasteiger charge is -2.29. The Bertz CT molecular complexity index is 2670. The van der Waals surface area contributed by atoms with E-state index in [-0.39, 0.29) is 73.8 Å². The number of aliphatic hydroxyl groups is 1. The van der Waals surface area contributed by atoms with Gasteiger partial charge in [0, 0.05) is 42.8 Å². The van der Waals surface area contributed by atoms with E-state index in [0.717, 1.165) is 8.61 Å². The minimum absolute atomic E-state index is 0.0141. The predicted octanol–water partition coefficient (Wildman–Crippen LogP) is 5.90. The number of carbonyl (C=O) groups is 1. The van der Waals surface area contributed by atoms with Gasteiger partial charge in [0.2, 0.25) is 11.8 Å². The number of esters is 1. The van der Waals surface area contributed by atoms with Crippen LogP contribution in [0.1, 0.15) is 36.3 Å². The number of carbonyl (C=O) groups excluding carboxylic acids is 1. The van der Waals surface area contributed by atoms with Crippen LogP contribution in [-0.2, 0) is 29.6 Å². The van der Waals surface area contributed by atoms with E-state index in [1.54, 1.807) is 61.5 Å². The zero-order chi connectivity index (χ0) is 38.2. The van der Waals surface area contributed by atoms with Crippen LogP contribution in [0.3, 0.4) is 0 Å². The molecule has 8 rings (SSSR count). The number of rotatable bonds is 6. The van der Waals surface area contributed by atoms with Crippen molar-refractivity contribution >= 4 is 48.9 Å². The Morgan fingerprint density at radius 1 is 0.611 bits per heavy atom. The third-order valence-corrected chi connectivity index (χ3v) is 12.1. The highest BCUT2D eigenvalue weighted by Crippen LogP contribution is 2.42. The number of sulfonamides is 2. The number of hydrogen-bond donors (Lipinski definition) is 1. The van der Waals surface area contributed by atoms with Crippen LogP contribution in [0.2, 0.25) is 0 Å². The second kappa shape index (κ2) is 14.1. The van der Waals surface area contributed by atoms with Gasteiger partial charge in [-0.25, -0.2) is 16.8 Å². The summed E-state index contributed by atoms with van der Waals surface area (Å²) >= 11 is 0. The molecule has 2 aromatic heterocycles. The minimum atomic E-state index is -3.89. The summed E-state index contributed by atoms with van der Waals surface area (Å²) in [6, 6.07) is 30.7. The SMILES string of the molecule is CCC(=O)OC1=C(c2nnc(-c3ccccc3)o2)N(C)S(=O)(=O)c2ccccc21.CN1C(c2nnc(-c3ccccc3)o2)=C(O)c2ccccc2S1(=O)=O. The highest BCUT2D eigenvalue weighted by Gasteiger charge is 2.40. The Labute approximate surface area is 309 Å². The van der Waals surface area contributed by atoms with Crippen LogP contribution in [0.25, 0.3) is 45.8 Å². The summed E-state index contributed by atoms with van der Waals surface area (Å²) in [6.45, 7) is 1.65. The van der Waals surface area contributed by atoms with E-state index >= 15 is 0 Å². The lowest BCUT2D eigenvalue weighted by Crippen LogP contribution is -2.31. The fourth-order valence-electron chi connectivity index (χ4n) is 5.64. The zero-order valence-corrected chi connectivity index (χ0v) is 30.4. The van der Waals surface area contributed by atoms with Crippen molar-refractivity contribution in [2.75, 3.05) is 14.1 Å². The molecule has 0 radical (unpaired) electrons. The lowest BCUT2D eigenvalue weighted by atomic mass is 10.1. The smallest absolute Gasteiger partial charge is 0.310 e. The third-order valence-electron chi connectivity index (χ3n) is 8.42. The summed E-state index contributed by atoms with van der Waals surface area (Å²) in [4.78, 5) is 12.1. The van der Waals surface area contributed by atoms with E-state index in [2.05, 4.69) is 20.4 Å². The monoisotopic (exact) mass is 766 g/mol. The molecule has 17 heteroatoms. The van der Waals surface area contributed by atoms with Crippen molar-refractivity contribution in [3.63, 3.8) is 0 Å². The van der Waals surface area contributed by atoms with Crippen LogP contribution in [-0.4, -0.2) is 71.0 Å². The van der Waals surface area contributed by atoms with Gasteiger partial charge in [-0.1, -0.05) is 67.6 Å². The second-order valence-corrected chi connectivity index (χ2v) is 15.6. The highest BCUT2D eigenvalue weighted by atomic mass is 32.2. The number of nitrogens with zero attached hydrogens (tertiary/aromatic N) is 6. The van der Waals surface area contributed by atoms with Crippen molar-refractivity contribution in [1.82, 2.24) is 29.0 Å². The predicted molar refractivity (Wildman–Crippen MR) is 195 cm³/mol. The van der Waals surface area contributed by atoms with E-state index in [4.69, 9.17) is 13.6 Å². The number of hydrogen-bond acceptors (Lipinski definition) is 13. The number of benzene rings is 4. The van der Waals surface area contributed by atoms with Crippen molar-refractivity contribution in [3.8, 4) is 22.9 Å². The zero-order valence-electron chi connectivity index (χ0n) is 28.8. The second-order valence-electron chi connectivity index (χ2n) is 11.7. The molecule has 4 aromatic carbocycles. The number of fused-ring (bicyclic) bond motifs is 2. The summed E-state index contributed by atoms with van der Waals surface area (Å²) in [5, 5.41) is 26.5. The molecular weight excluding hydrogens is 737 g/mol. The molecule has 0 saturated carbocycles. The molecule has 274 valence electrons. The fourth-order valence-corrected chi connectivity index (χ4v) is 8.42. The molecule has 0 atom stereocenters. The van der Waals surface area contributed by atoms with Gasteiger partial charge in [-0.15, -0.1) is 20.4 Å². The van der Waals surface area contributed by atoms with Gasteiger partial charge in [0.25, 0.3) is 31.8 Å². The molecule has 6 aromatic rings. The van der Waals surface area contributed by atoms with E-state index in [1.165, 1.54) is 32.3 Å². The summed E-state index contributed by atoms with van der Waals surface area (Å²) in [7, 11) is -5.02. The Hall–Kier alpha value is -6.59. The van der Waals surface area contributed by atoms with Gasteiger partial charge in [-0.2, -0.15) is 0 Å². The number of ether oxygens (including phenoxy) is 1. The van der Waals surface area contributed by atoms with Crippen LogP contribution < -0.4 is 0 Å². The van der Waals surface area contributed by atoms with Gasteiger partial charge >= 0.3 is 5.97 Å². The van der Waals surface area contributed by atoms with Gasteiger partial charge in [0.15, 0.2) is 22.9 Å². The first-order valence-electron chi connectivity index (χ1n) is 16.3. The molecule has 2 aliphatic heterocycles. The molecule has 15 nitrogen and oxygen atoms in total. The van der Waals surface area contributed by atoms with E-state index in [0.29, 0.717) is 11.1 Å². The van der Waals surface area contributed by atoms with Crippen molar-refractivity contribution in [3.05, 3.63) is 132 Å². The molecule has 0 bridgehead atoms. The van der Waals surface area contributed by atoms with Gasteiger partial charge in [-0.3, -0.25) is 13.4 Å². The Balaban J connectivity index is 0.000000168. The quantitative estimate of drug-likeness (QED) is 0.197. The summed E-state index contributed by atoms with van der Waals surface area (Å²) in [6.07, 6.45) is 0.120. The average Bonchev–Trinajstić information content (AvgIpc) is 3.89. The minimum Gasteiger partial charge on any atom is -0.505 e. The molecule has 0 amide bonds. The number of aliphatic hydroxyl groups excluding tert-OH is 1. The third kappa shape index (κ3) is 6.28. The molecule has 0 unspecified atom stereocenters. The molecular formula is C37H30N6O9S2. The summed E-state index contributed by atoms with van der Waals surface area (Å²) in [5.74, 6) is -0.355. The van der Waals surface area contributed by atoms with Crippen LogP contribution in [0, 0.1) is 0 Å². The molecule has 2 aliphatic rings. The number of aromatic nitrogens is 4. The van der Waals surface area contributed by atoms with Crippen molar-refractivity contribution < 1.29 is 40.3 Å². The molecule has 0 saturated heterocycles. The largest absolute Gasteiger partial charge is 0.505 e. The molecule has 0 fully saturated rings. The van der Waals surface area contributed by atoms with E-state index < -0.39 is 26.0 Å². The van der Waals surface area contributed by atoms with E-state index in [1.807, 2.05) is 36.4 Å². The molecule has 0 spiro atoms. The summed E-state index contributed by atoms with van der Waals surface area (Å²) in [5.41, 5.74) is 1.81. The van der Waals surface area contributed by atoms with Gasteiger partial charge < -0.3 is 18.7 Å². The van der Waals surface area contributed by atoms with Crippen molar-refractivity contribution in [1.29, 1.82) is 0 Å². The van der Waals surface area contributed by atoms with Crippen LogP contribution >= 0.6 is 0 Å². The average molecular weight is 767 g/mol. The molecule has 4 heterocycles. The van der Waals surface area contributed by atoms with Crippen LogP contribution in [0.15, 0.2) is 128 Å². The Kier molecular flexibility index (Phi) is 9.34. The highest BCUT2D eigenvalue weighted by molar-refractivity contribution is 7.90. The first kappa shape index (κ1) is 35.8. The first-order chi connectivity index (χ1) is 25.9. The molecule has 54 heavy (non-hydrogen) atoms. The molecule has 0 aliphatic carbocycles. The van der Waals surface area contributed by atoms with Crippen LogP contribution in [0.5, 0.6) is 0 Å².